The van der Waals surface area contributed by atoms with Crippen LogP contribution in [0.5, 0.6) is 5.75 Å². The zero-order valence-corrected chi connectivity index (χ0v) is 12.4. The zero-order chi connectivity index (χ0) is 12.7. The van der Waals surface area contributed by atoms with Gasteiger partial charge in [-0.05, 0) is 60.2 Å². The van der Waals surface area contributed by atoms with E-state index in [1.54, 1.807) is 0 Å². The predicted octanol–water partition coefficient (Wildman–Crippen LogP) is 2.97. The molecule has 0 saturated heterocycles. The lowest BCUT2D eigenvalue weighted by Crippen LogP contribution is -2.35. The largest absolute Gasteiger partial charge is 0.484 e. The quantitative estimate of drug-likeness (QED) is 0.804. The predicted molar refractivity (Wildman–Crippen MR) is 77.2 cm³/mol. The summed E-state index contributed by atoms with van der Waals surface area (Å²) in [5.41, 5.74) is 0. The number of benzene rings is 1. The molecule has 1 atom stereocenters. The fourth-order valence-corrected chi connectivity index (χ4v) is 1.86. The second-order valence-corrected chi connectivity index (χ2v) is 5.25. The van der Waals surface area contributed by atoms with Crippen molar-refractivity contribution in [3.8, 4) is 5.75 Å². The van der Waals surface area contributed by atoms with Crippen LogP contribution in [-0.2, 0) is 4.79 Å². The van der Waals surface area contributed by atoms with Gasteiger partial charge in [0.1, 0.15) is 5.75 Å². The molecule has 1 N–H and O–H groups in total. The average Bonchev–Trinajstić information content (AvgIpc) is 2.28. The van der Waals surface area contributed by atoms with E-state index in [1.165, 1.54) is 0 Å². The molecule has 1 amide bonds. The molecule has 0 aliphatic carbocycles. The van der Waals surface area contributed by atoms with E-state index < -0.39 is 0 Å². The Hall–Kier alpha value is -0.780. The molecule has 0 radical (unpaired) electrons. The van der Waals surface area contributed by atoms with Gasteiger partial charge in [0.05, 0.1) is 0 Å². The maximum atomic E-state index is 11.5. The first-order chi connectivity index (χ1) is 8.11. The van der Waals surface area contributed by atoms with Crippen molar-refractivity contribution < 1.29 is 9.53 Å². The van der Waals surface area contributed by atoms with Gasteiger partial charge in [0.15, 0.2) is 6.61 Å². The first kappa shape index (κ1) is 14.3. The Morgan fingerprint density at radius 1 is 1.41 bits per heavy atom. The number of hydrogen-bond acceptors (Lipinski definition) is 2. The van der Waals surface area contributed by atoms with E-state index in [0.717, 1.165) is 22.2 Å². The number of carbonyl (C=O) groups excluding carboxylic acids is 1. The molecule has 0 aliphatic heterocycles. The van der Waals surface area contributed by atoms with Crippen LogP contribution in [-0.4, -0.2) is 18.6 Å². The van der Waals surface area contributed by atoms with Crippen LogP contribution >= 0.6 is 22.6 Å². The lowest BCUT2D eigenvalue weighted by Gasteiger charge is -2.13. The van der Waals surface area contributed by atoms with Crippen molar-refractivity contribution in [2.75, 3.05) is 6.61 Å². The molecule has 0 bridgehead atoms. The maximum Gasteiger partial charge on any atom is 0.258 e. The maximum absolute atomic E-state index is 11.5. The summed E-state index contributed by atoms with van der Waals surface area (Å²) in [6.07, 6.45) is 2.06. The number of amides is 1. The van der Waals surface area contributed by atoms with Crippen molar-refractivity contribution >= 4 is 28.5 Å². The van der Waals surface area contributed by atoms with Gasteiger partial charge in [-0.1, -0.05) is 13.3 Å². The fourth-order valence-electron chi connectivity index (χ4n) is 1.50. The molecule has 0 fully saturated rings. The van der Waals surface area contributed by atoms with E-state index in [2.05, 4.69) is 34.8 Å². The van der Waals surface area contributed by atoms with Crippen LogP contribution in [0.15, 0.2) is 24.3 Å². The molecule has 0 spiro atoms. The van der Waals surface area contributed by atoms with Crippen LogP contribution in [0.3, 0.4) is 0 Å². The minimum atomic E-state index is -0.0653. The second-order valence-electron chi connectivity index (χ2n) is 4.00. The zero-order valence-electron chi connectivity index (χ0n) is 10.2. The number of nitrogens with one attached hydrogen (secondary N) is 1. The van der Waals surface area contributed by atoms with Crippen molar-refractivity contribution in [1.82, 2.24) is 5.32 Å². The van der Waals surface area contributed by atoms with Crippen LogP contribution in [0.25, 0.3) is 0 Å². The lowest BCUT2D eigenvalue weighted by molar-refractivity contribution is -0.123. The molecule has 0 saturated carbocycles. The van der Waals surface area contributed by atoms with Gasteiger partial charge < -0.3 is 10.1 Å². The molecule has 0 heterocycles. The number of rotatable bonds is 6. The standard InChI is InChI=1S/C13H18INO2/c1-3-4-10(2)15-13(16)9-17-12-7-5-11(14)6-8-12/h5-8,10H,3-4,9H2,1-2H3,(H,15,16). The first-order valence-corrected chi connectivity index (χ1v) is 6.87. The van der Waals surface area contributed by atoms with Gasteiger partial charge in [-0.2, -0.15) is 0 Å². The van der Waals surface area contributed by atoms with Gasteiger partial charge in [0.2, 0.25) is 0 Å². The van der Waals surface area contributed by atoms with Crippen molar-refractivity contribution in [2.24, 2.45) is 0 Å². The van der Waals surface area contributed by atoms with Gasteiger partial charge in [-0.25, -0.2) is 0 Å². The lowest BCUT2D eigenvalue weighted by atomic mass is 10.2. The normalized spacial score (nSPS) is 11.9. The first-order valence-electron chi connectivity index (χ1n) is 5.79. The molecule has 1 aromatic rings. The number of hydrogen-bond donors (Lipinski definition) is 1. The Morgan fingerprint density at radius 3 is 2.65 bits per heavy atom. The molecular weight excluding hydrogens is 329 g/mol. The van der Waals surface area contributed by atoms with Crippen LogP contribution < -0.4 is 10.1 Å². The minimum absolute atomic E-state index is 0.0653. The van der Waals surface area contributed by atoms with Gasteiger partial charge >= 0.3 is 0 Å². The molecule has 4 heteroatoms. The summed E-state index contributed by atoms with van der Waals surface area (Å²) in [5, 5.41) is 2.90. The molecular formula is C13H18INO2. The monoisotopic (exact) mass is 347 g/mol. The van der Waals surface area contributed by atoms with E-state index in [1.807, 2.05) is 31.2 Å². The molecule has 1 unspecified atom stereocenters. The molecule has 3 nitrogen and oxygen atoms in total. The third kappa shape index (κ3) is 5.91. The second kappa shape index (κ2) is 7.53. The Kier molecular flexibility index (Phi) is 6.32. The van der Waals surface area contributed by atoms with Crippen LogP contribution in [0.1, 0.15) is 26.7 Å². The van der Waals surface area contributed by atoms with E-state index in [9.17, 15) is 4.79 Å². The Labute approximate surface area is 116 Å². The summed E-state index contributed by atoms with van der Waals surface area (Å²) >= 11 is 2.23. The number of halogens is 1. The molecule has 1 rings (SSSR count). The Bertz CT molecular complexity index is 351. The average molecular weight is 347 g/mol. The van der Waals surface area contributed by atoms with Crippen LogP contribution in [0.2, 0.25) is 0 Å². The Morgan fingerprint density at radius 2 is 2.06 bits per heavy atom. The summed E-state index contributed by atoms with van der Waals surface area (Å²) in [6, 6.07) is 7.85. The molecule has 0 aliphatic rings. The topological polar surface area (TPSA) is 38.3 Å². The van der Waals surface area contributed by atoms with Crippen molar-refractivity contribution in [2.45, 2.75) is 32.7 Å². The van der Waals surface area contributed by atoms with Crippen LogP contribution in [0.4, 0.5) is 0 Å². The highest BCUT2D eigenvalue weighted by molar-refractivity contribution is 14.1. The van der Waals surface area contributed by atoms with Gasteiger partial charge in [0, 0.05) is 9.61 Å². The van der Waals surface area contributed by atoms with E-state index in [0.29, 0.717) is 0 Å². The molecule has 1 aromatic carbocycles. The van der Waals surface area contributed by atoms with Gasteiger partial charge in [0.25, 0.3) is 5.91 Å². The van der Waals surface area contributed by atoms with E-state index >= 15 is 0 Å². The summed E-state index contributed by atoms with van der Waals surface area (Å²) < 4.78 is 6.54. The number of carbonyl (C=O) groups is 1. The van der Waals surface area contributed by atoms with Crippen molar-refractivity contribution in [1.29, 1.82) is 0 Å². The van der Waals surface area contributed by atoms with Gasteiger partial charge in [-0.3, -0.25) is 4.79 Å². The fraction of sp³-hybridized carbons (Fsp3) is 0.462. The van der Waals surface area contributed by atoms with Crippen molar-refractivity contribution in [3.05, 3.63) is 27.8 Å². The van der Waals surface area contributed by atoms with E-state index in [-0.39, 0.29) is 18.6 Å². The molecule has 0 aromatic heterocycles. The summed E-state index contributed by atoms with van der Waals surface area (Å²) in [7, 11) is 0. The van der Waals surface area contributed by atoms with Gasteiger partial charge in [-0.15, -0.1) is 0 Å². The molecule has 94 valence electrons. The Balaban J connectivity index is 2.30. The third-order valence-electron chi connectivity index (χ3n) is 2.31. The SMILES string of the molecule is CCCC(C)NC(=O)COc1ccc(I)cc1. The highest BCUT2D eigenvalue weighted by Crippen LogP contribution is 2.13. The third-order valence-corrected chi connectivity index (χ3v) is 3.03. The van der Waals surface area contributed by atoms with Crippen molar-refractivity contribution in [3.63, 3.8) is 0 Å². The number of ether oxygens (including phenoxy) is 1. The highest BCUT2D eigenvalue weighted by Gasteiger charge is 2.06. The van der Waals surface area contributed by atoms with Crippen LogP contribution in [0, 0.1) is 3.57 Å². The summed E-state index contributed by atoms with van der Waals surface area (Å²) in [6.45, 7) is 4.19. The summed E-state index contributed by atoms with van der Waals surface area (Å²) in [5.74, 6) is 0.660. The van der Waals surface area contributed by atoms with E-state index in [4.69, 9.17) is 4.74 Å². The highest BCUT2D eigenvalue weighted by atomic mass is 127. The summed E-state index contributed by atoms with van der Waals surface area (Å²) in [4.78, 5) is 11.5. The smallest absolute Gasteiger partial charge is 0.258 e. The molecule has 17 heavy (non-hydrogen) atoms. The minimum Gasteiger partial charge on any atom is -0.484 e.